The molecule has 0 bridgehead atoms. The van der Waals surface area contributed by atoms with Gasteiger partial charge in [0.15, 0.2) is 0 Å². The van der Waals surface area contributed by atoms with E-state index in [-0.39, 0.29) is 12.1 Å². The summed E-state index contributed by atoms with van der Waals surface area (Å²) in [6, 6.07) is 40.5. The number of hydrogen-bond donors (Lipinski definition) is 0. The van der Waals surface area contributed by atoms with E-state index in [0.717, 1.165) is 31.2 Å². The van der Waals surface area contributed by atoms with Gasteiger partial charge in [-0.3, -0.25) is 0 Å². The molecule has 2 fully saturated rings. The Morgan fingerprint density at radius 3 is 1.65 bits per heavy atom. The van der Waals surface area contributed by atoms with Gasteiger partial charge in [-0.05, 0) is 51.1 Å². The lowest BCUT2D eigenvalue weighted by Gasteiger charge is -2.36. The number of fused-ring (bicyclic) bond motifs is 3. The van der Waals surface area contributed by atoms with Gasteiger partial charge >= 0.3 is 0 Å². The molecule has 2 aliphatic rings. The molecule has 0 N–H and O–H groups in total. The average Bonchev–Trinajstić information content (AvgIpc) is 3.24. The van der Waals surface area contributed by atoms with Crippen LogP contribution < -0.4 is 4.89 Å². The number of hydrogen-bond acceptors (Lipinski definition) is 4. The lowest BCUT2D eigenvalue weighted by atomic mass is 9.89. The van der Waals surface area contributed by atoms with Gasteiger partial charge in [0, 0.05) is 0 Å². The summed E-state index contributed by atoms with van der Waals surface area (Å²) in [5.74, 6) is 0. The summed E-state index contributed by atoms with van der Waals surface area (Å²) in [7, 11) is -3.31. The Balaban J connectivity index is 1.35. The van der Waals surface area contributed by atoms with Crippen LogP contribution in [0.1, 0.15) is 42.4 Å². The van der Waals surface area contributed by atoms with Crippen molar-refractivity contribution in [3.63, 3.8) is 0 Å². The topological polar surface area (TPSA) is 41.9 Å². The normalized spacial score (nSPS) is 21.3. The monoisotopic (exact) mass is 543 g/mol. The maximum Gasteiger partial charge on any atom is 0.238 e. The number of benzene rings is 5. The van der Waals surface area contributed by atoms with E-state index in [1.807, 2.05) is 36.5 Å². The molecule has 5 aromatic carbocycles. The van der Waals surface area contributed by atoms with Crippen molar-refractivity contribution < 1.29 is 4.89 Å². The van der Waals surface area contributed by atoms with Gasteiger partial charge in [-0.25, -0.2) is 0 Å². The Morgan fingerprint density at radius 1 is 0.625 bits per heavy atom. The minimum absolute atomic E-state index is 0.210. The van der Waals surface area contributed by atoms with Crippen LogP contribution in [-0.2, 0) is 13.1 Å². The van der Waals surface area contributed by atoms with Gasteiger partial charge in [0.05, 0.1) is 31.4 Å². The van der Waals surface area contributed by atoms with Crippen LogP contribution in [0.4, 0.5) is 0 Å². The van der Waals surface area contributed by atoms with Gasteiger partial charge in [0.25, 0.3) is 0 Å². The standard InChI is InChI=1S/C35H34N3OP/c39-40(36-24-27-12-2-1-3-13-27)37(25-30-18-10-16-28-14-4-6-20-32(28)30)34-22-8-9-23-35(34)38(40)26-31-19-11-17-29-15-5-7-21-33(29)31/h1-7,10-21,24,34-35H,8-9,22-23,25-26H2/b36-24+/t34-,35-/m1/s1. The summed E-state index contributed by atoms with van der Waals surface area (Å²) in [5.41, 5.74) is 3.40. The predicted molar refractivity (Wildman–Crippen MR) is 166 cm³/mol. The fourth-order valence-corrected chi connectivity index (χ4v) is 9.59. The van der Waals surface area contributed by atoms with Crippen molar-refractivity contribution in [2.24, 2.45) is 4.76 Å². The second kappa shape index (κ2) is 10.9. The molecular weight excluding hydrogens is 509 g/mol. The van der Waals surface area contributed by atoms with Crippen molar-refractivity contribution in [2.45, 2.75) is 50.9 Å². The van der Waals surface area contributed by atoms with Crippen LogP contribution in [0.2, 0.25) is 0 Å². The van der Waals surface area contributed by atoms with E-state index in [0.29, 0.717) is 13.1 Å². The molecule has 0 spiro atoms. The Bertz CT molecular complexity index is 1560. The average molecular weight is 544 g/mol. The molecule has 0 unspecified atom stereocenters. The second-order valence-corrected chi connectivity index (χ2v) is 13.3. The molecule has 7 rings (SSSR count). The van der Waals surface area contributed by atoms with Crippen LogP contribution in [-0.4, -0.2) is 27.6 Å². The smallest absolute Gasteiger partial charge is 0.238 e. The van der Waals surface area contributed by atoms with Crippen LogP contribution in [0, 0.1) is 0 Å². The molecular formula is C35H34N3OP. The van der Waals surface area contributed by atoms with Crippen LogP contribution in [0.5, 0.6) is 0 Å². The molecule has 200 valence electrons. The maximum atomic E-state index is 15.6. The quantitative estimate of drug-likeness (QED) is 0.162. The summed E-state index contributed by atoms with van der Waals surface area (Å²) in [5, 5.41) is 4.89. The lowest BCUT2D eigenvalue weighted by Crippen LogP contribution is -2.39. The largest absolute Gasteiger partial charge is 0.630 e. The van der Waals surface area contributed by atoms with Crippen LogP contribution in [0.15, 0.2) is 120 Å². The van der Waals surface area contributed by atoms with Gasteiger partial charge < -0.3 is 4.89 Å². The highest BCUT2D eigenvalue weighted by molar-refractivity contribution is 7.63. The first-order chi connectivity index (χ1) is 19.7. The van der Waals surface area contributed by atoms with Crippen molar-refractivity contribution in [1.29, 1.82) is 0 Å². The van der Waals surface area contributed by atoms with Gasteiger partial charge in [0.2, 0.25) is 7.94 Å². The predicted octanol–water partition coefficient (Wildman–Crippen LogP) is 7.78. The van der Waals surface area contributed by atoms with Gasteiger partial charge in [-0.2, -0.15) is 0 Å². The molecule has 1 aliphatic heterocycles. The Labute approximate surface area is 237 Å². The zero-order valence-electron chi connectivity index (χ0n) is 22.6. The van der Waals surface area contributed by atoms with Gasteiger partial charge in [-0.15, -0.1) is 14.1 Å². The molecule has 1 heterocycles. The first kappa shape index (κ1) is 25.6. The van der Waals surface area contributed by atoms with Crippen LogP contribution in [0.3, 0.4) is 0 Å². The van der Waals surface area contributed by atoms with E-state index in [9.17, 15) is 0 Å². The van der Waals surface area contributed by atoms with E-state index in [1.54, 1.807) is 0 Å². The molecule has 1 aliphatic carbocycles. The molecule has 1 saturated carbocycles. The molecule has 0 radical (unpaired) electrons. The van der Waals surface area contributed by atoms with Crippen LogP contribution >= 0.6 is 7.94 Å². The highest BCUT2D eigenvalue weighted by Crippen LogP contribution is 2.69. The first-order valence-electron chi connectivity index (χ1n) is 14.4. The summed E-state index contributed by atoms with van der Waals surface area (Å²) >= 11 is 0. The molecule has 0 aromatic heterocycles. The van der Waals surface area contributed by atoms with Crippen LogP contribution in [0.25, 0.3) is 21.5 Å². The third kappa shape index (κ3) is 4.66. The molecule has 0 amide bonds. The highest BCUT2D eigenvalue weighted by atomic mass is 31.2. The third-order valence-corrected chi connectivity index (χ3v) is 11.3. The highest BCUT2D eigenvalue weighted by Gasteiger charge is 2.59. The minimum atomic E-state index is -3.31. The number of rotatable bonds is 6. The summed E-state index contributed by atoms with van der Waals surface area (Å²) in [6.07, 6.45) is 6.26. The second-order valence-electron chi connectivity index (χ2n) is 11.1. The van der Waals surface area contributed by atoms with E-state index in [1.165, 1.54) is 32.7 Å². The Morgan fingerprint density at radius 2 is 1.10 bits per heavy atom. The van der Waals surface area contributed by atoms with E-state index in [4.69, 9.17) is 4.76 Å². The summed E-state index contributed by atoms with van der Waals surface area (Å²) in [4.78, 5) is 15.6. The molecule has 1 saturated heterocycles. The minimum Gasteiger partial charge on any atom is -0.630 e. The SMILES string of the molecule is [O-][P+]1(/N=C/c2ccccc2)N(Cc2cccc3ccccc23)[C@@H]2CCCC[C@H]2N1Cc1cccc2ccccc12. The first-order valence-corrected chi connectivity index (χ1v) is 16.0. The maximum absolute atomic E-state index is 15.6. The molecule has 5 aromatic rings. The fourth-order valence-electron chi connectivity index (χ4n) is 6.76. The fraction of sp³-hybridized carbons (Fsp3) is 0.229. The van der Waals surface area contributed by atoms with Crippen molar-refractivity contribution in [3.8, 4) is 0 Å². The van der Waals surface area contributed by atoms with E-state index < -0.39 is 7.94 Å². The third-order valence-electron chi connectivity index (χ3n) is 8.71. The van der Waals surface area contributed by atoms with Crippen molar-refractivity contribution in [2.75, 3.05) is 0 Å². The van der Waals surface area contributed by atoms with E-state index in [2.05, 4.69) is 94.3 Å². The molecule has 2 atom stereocenters. The Kier molecular flexibility index (Phi) is 6.95. The molecule has 4 nitrogen and oxygen atoms in total. The van der Waals surface area contributed by atoms with Crippen molar-refractivity contribution in [1.82, 2.24) is 9.34 Å². The molecule has 5 heteroatoms. The van der Waals surface area contributed by atoms with Gasteiger partial charge in [-0.1, -0.05) is 128 Å². The van der Waals surface area contributed by atoms with E-state index >= 15 is 4.89 Å². The molecule has 40 heavy (non-hydrogen) atoms. The summed E-state index contributed by atoms with van der Waals surface area (Å²) < 4.78 is 9.61. The lowest BCUT2D eigenvalue weighted by molar-refractivity contribution is -0.192. The number of nitrogens with zero attached hydrogens (tertiary/aromatic N) is 3. The summed E-state index contributed by atoms with van der Waals surface area (Å²) in [6.45, 7) is 1.25. The zero-order chi connectivity index (χ0) is 26.9. The Hall–Kier alpha value is -3.40. The van der Waals surface area contributed by atoms with Crippen molar-refractivity contribution in [3.05, 3.63) is 132 Å². The van der Waals surface area contributed by atoms with Gasteiger partial charge in [0.1, 0.15) is 0 Å². The zero-order valence-corrected chi connectivity index (χ0v) is 23.5. The van der Waals surface area contributed by atoms with Crippen molar-refractivity contribution >= 4 is 35.7 Å².